The van der Waals surface area contributed by atoms with Crippen LogP contribution in [0.15, 0.2) is 0 Å². The smallest absolute Gasteiger partial charge is 0.233 e. The quantitative estimate of drug-likeness (QED) is 0.577. The summed E-state index contributed by atoms with van der Waals surface area (Å²) in [7, 11) is 0. The molecule has 0 bridgehead atoms. The van der Waals surface area contributed by atoms with Crippen LogP contribution in [0.2, 0.25) is 0 Å². The summed E-state index contributed by atoms with van der Waals surface area (Å²) in [5.74, 6) is 0.823. The Labute approximate surface area is 98.8 Å². The Morgan fingerprint density at radius 2 is 1.88 bits per heavy atom. The first-order chi connectivity index (χ1) is 7.43. The summed E-state index contributed by atoms with van der Waals surface area (Å²) in [5, 5.41) is 15.3. The predicted molar refractivity (Wildman–Crippen MR) is 66.2 cm³/mol. The van der Waals surface area contributed by atoms with Gasteiger partial charge in [-0.25, -0.2) is 0 Å². The highest BCUT2D eigenvalue weighted by atomic mass is 16.3. The maximum absolute atomic E-state index is 11.3. The Balaban J connectivity index is 3.44. The molecule has 0 aromatic rings. The summed E-state index contributed by atoms with van der Waals surface area (Å²) < 4.78 is 0. The molecule has 4 heteroatoms. The fourth-order valence-electron chi connectivity index (χ4n) is 1.13. The van der Waals surface area contributed by atoms with Gasteiger partial charge in [0.25, 0.3) is 0 Å². The number of hydrogen-bond donors (Lipinski definition) is 3. The molecule has 1 amide bonds. The number of rotatable bonds is 8. The van der Waals surface area contributed by atoms with E-state index in [1.807, 2.05) is 13.8 Å². The van der Waals surface area contributed by atoms with Gasteiger partial charge in [0.2, 0.25) is 5.91 Å². The third-order valence-electron chi connectivity index (χ3n) is 2.45. The lowest BCUT2D eigenvalue weighted by Gasteiger charge is -2.15. The number of nitrogens with one attached hydrogen (secondary N) is 2. The molecular formula is C12H26N2O2. The molecule has 4 nitrogen and oxygen atoms in total. The van der Waals surface area contributed by atoms with E-state index in [4.69, 9.17) is 0 Å². The predicted octanol–water partition coefficient (Wildman–Crippen LogP) is 0.755. The van der Waals surface area contributed by atoms with Gasteiger partial charge in [0.15, 0.2) is 0 Å². The minimum Gasteiger partial charge on any atom is -0.392 e. The molecule has 0 aliphatic heterocycles. The van der Waals surface area contributed by atoms with Crippen molar-refractivity contribution >= 4 is 5.91 Å². The van der Waals surface area contributed by atoms with Crippen LogP contribution in [0.25, 0.3) is 0 Å². The van der Waals surface area contributed by atoms with E-state index in [1.165, 1.54) is 0 Å². The van der Waals surface area contributed by atoms with Crippen LogP contribution < -0.4 is 10.6 Å². The molecule has 0 radical (unpaired) electrons. The van der Waals surface area contributed by atoms with E-state index in [2.05, 4.69) is 24.5 Å². The Kier molecular flexibility index (Phi) is 8.21. The lowest BCUT2D eigenvalue weighted by molar-refractivity contribution is -0.120. The lowest BCUT2D eigenvalue weighted by atomic mass is 10.1. The molecule has 16 heavy (non-hydrogen) atoms. The van der Waals surface area contributed by atoms with Crippen LogP contribution in [0.3, 0.4) is 0 Å². The first-order valence-corrected chi connectivity index (χ1v) is 6.09. The van der Waals surface area contributed by atoms with Crippen LogP contribution in [-0.2, 0) is 4.79 Å². The number of amides is 1. The molecule has 0 rings (SSSR count). The van der Waals surface area contributed by atoms with E-state index in [1.54, 1.807) is 0 Å². The molecule has 0 aliphatic carbocycles. The molecule has 0 fully saturated rings. The van der Waals surface area contributed by atoms with Gasteiger partial charge in [-0.2, -0.15) is 0 Å². The van der Waals surface area contributed by atoms with Gasteiger partial charge in [-0.1, -0.05) is 27.7 Å². The largest absolute Gasteiger partial charge is 0.392 e. The maximum Gasteiger partial charge on any atom is 0.233 e. The Morgan fingerprint density at radius 1 is 1.25 bits per heavy atom. The van der Waals surface area contributed by atoms with Crippen LogP contribution in [0.5, 0.6) is 0 Å². The van der Waals surface area contributed by atoms with Crippen molar-refractivity contribution in [1.82, 2.24) is 10.6 Å². The van der Waals surface area contributed by atoms with Crippen LogP contribution >= 0.6 is 0 Å². The number of aliphatic hydroxyl groups excluding tert-OH is 1. The molecule has 96 valence electrons. The average Bonchev–Trinajstić information content (AvgIpc) is 2.16. The van der Waals surface area contributed by atoms with E-state index in [0.717, 1.165) is 13.0 Å². The van der Waals surface area contributed by atoms with Gasteiger partial charge < -0.3 is 15.7 Å². The first kappa shape index (κ1) is 15.4. The highest BCUT2D eigenvalue weighted by Crippen LogP contribution is 1.98. The van der Waals surface area contributed by atoms with E-state index in [-0.39, 0.29) is 24.5 Å². The maximum atomic E-state index is 11.3. The Morgan fingerprint density at radius 3 is 2.38 bits per heavy atom. The Bertz CT molecular complexity index is 193. The summed E-state index contributed by atoms with van der Waals surface area (Å²) in [5.41, 5.74) is 0. The van der Waals surface area contributed by atoms with Gasteiger partial charge >= 0.3 is 0 Å². The van der Waals surface area contributed by atoms with Crippen molar-refractivity contribution in [2.75, 3.05) is 19.6 Å². The van der Waals surface area contributed by atoms with Gasteiger partial charge in [-0.05, 0) is 18.3 Å². The van der Waals surface area contributed by atoms with Gasteiger partial charge in [0, 0.05) is 13.1 Å². The van der Waals surface area contributed by atoms with Crippen LogP contribution in [0.4, 0.5) is 0 Å². The van der Waals surface area contributed by atoms with E-state index in [0.29, 0.717) is 12.5 Å². The fraction of sp³-hybridized carbons (Fsp3) is 0.917. The van der Waals surface area contributed by atoms with Crippen LogP contribution in [0, 0.1) is 11.8 Å². The first-order valence-electron chi connectivity index (χ1n) is 6.09. The summed E-state index contributed by atoms with van der Waals surface area (Å²) in [6.07, 6.45) is 0.615. The summed E-state index contributed by atoms with van der Waals surface area (Å²) in [6.45, 7) is 9.64. The molecule has 0 aliphatic rings. The fourth-order valence-corrected chi connectivity index (χ4v) is 1.13. The molecule has 0 aromatic carbocycles. The minimum atomic E-state index is -0.386. The van der Waals surface area contributed by atoms with Crippen molar-refractivity contribution in [3.8, 4) is 0 Å². The molecule has 0 spiro atoms. The number of carbonyl (C=O) groups is 1. The van der Waals surface area contributed by atoms with Gasteiger partial charge in [-0.15, -0.1) is 0 Å². The Hall–Kier alpha value is -0.610. The van der Waals surface area contributed by atoms with Crippen molar-refractivity contribution in [2.45, 2.75) is 40.2 Å². The zero-order valence-corrected chi connectivity index (χ0v) is 10.9. The number of carbonyl (C=O) groups excluding carboxylic acids is 1. The topological polar surface area (TPSA) is 61.4 Å². The summed E-state index contributed by atoms with van der Waals surface area (Å²) in [4.78, 5) is 11.3. The lowest BCUT2D eigenvalue weighted by Crippen LogP contribution is -2.39. The minimum absolute atomic E-state index is 0.00314. The highest BCUT2D eigenvalue weighted by Gasteiger charge is 2.09. The zero-order valence-electron chi connectivity index (χ0n) is 10.9. The van der Waals surface area contributed by atoms with Gasteiger partial charge in [0.05, 0.1) is 12.6 Å². The van der Waals surface area contributed by atoms with Gasteiger partial charge in [-0.3, -0.25) is 4.79 Å². The molecule has 0 aromatic heterocycles. The molecule has 1 unspecified atom stereocenters. The van der Waals surface area contributed by atoms with Crippen molar-refractivity contribution in [3.63, 3.8) is 0 Å². The van der Waals surface area contributed by atoms with Crippen molar-refractivity contribution in [1.29, 1.82) is 0 Å². The molecular weight excluding hydrogens is 204 g/mol. The molecule has 1 atom stereocenters. The molecule has 3 N–H and O–H groups in total. The second-order valence-electron chi connectivity index (χ2n) is 4.97. The van der Waals surface area contributed by atoms with Crippen LogP contribution in [-0.4, -0.2) is 36.8 Å². The van der Waals surface area contributed by atoms with Crippen molar-refractivity contribution < 1.29 is 9.90 Å². The summed E-state index contributed by atoms with van der Waals surface area (Å²) in [6, 6.07) is 0. The highest BCUT2D eigenvalue weighted by molar-refractivity contribution is 5.77. The third kappa shape index (κ3) is 8.68. The van der Waals surface area contributed by atoms with Crippen LogP contribution in [0.1, 0.15) is 34.1 Å². The van der Waals surface area contributed by atoms with Crippen molar-refractivity contribution in [2.24, 2.45) is 11.8 Å². The van der Waals surface area contributed by atoms with E-state index >= 15 is 0 Å². The second-order valence-corrected chi connectivity index (χ2v) is 4.97. The van der Waals surface area contributed by atoms with Gasteiger partial charge in [0.1, 0.15) is 0 Å². The van der Waals surface area contributed by atoms with E-state index in [9.17, 15) is 9.90 Å². The third-order valence-corrected chi connectivity index (χ3v) is 2.45. The monoisotopic (exact) mass is 230 g/mol. The van der Waals surface area contributed by atoms with Crippen molar-refractivity contribution in [3.05, 3.63) is 0 Å². The normalized spacial score (nSPS) is 13.2. The number of aliphatic hydroxyl groups is 1. The molecule has 0 heterocycles. The zero-order chi connectivity index (χ0) is 12.6. The molecule has 0 saturated carbocycles. The second kappa shape index (κ2) is 8.53. The number of hydrogen-bond acceptors (Lipinski definition) is 3. The average molecular weight is 230 g/mol. The standard InChI is InChI=1S/C12H26N2O2/c1-9(2)5-6-14-12(16)8-13-7-11(15)10(3)4/h9-11,13,15H,5-8H2,1-4H3,(H,14,16). The summed E-state index contributed by atoms with van der Waals surface area (Å²) >= 11 is 0. The van der Waals surface area contributed by atoms with E-state index < -0.39 is 0 Å². The SMILES string of the molecule is CC(C)CCNC(=O)CNCC(O)C(C)C. The molecule has 0 saturated heterocycles.